The van der Waals surface area contributed by atoms with E-state index in [0.29, 0.717) is 13.2 Å². The van der Waals surface area contributed by atoms with E-state index < -0.39 is 0 Å². The molecule has 1 aromatic rings. The van der Waals surface area contributed by atoms with E-state index in [4.69, 9.17) is 15.2 Å². The molecule has 1 aliphatic heterocycles. The van der Waals surface area contributed by atoms with Gasteiger partial charge >= 0.3 is 0 Å². The first-order valence-corrected chi connectivity index (χ1v) is 7.62. The van der Waals surface area contributed by atoms with Crippen molar-refractivity contribution in [2.75, 3.05) is 18.5 Å². The molecule has 2 aliphatic rings. The Kier molecular flexibility index (Phi) is 4.53. The number of hydrogen-bond acceptors (Lipinski definition) is 4. The largest absolute Gasteiger partial charge is 0.346 e. The molecule has 1 heterocycles. The highest BCUT2D eigenvalue weighted by molar-refractivity contribution is 5.92. The number of hydrogen-bond donors (Lipinski definition) is 2. The standard InChI is InChI=1S/C16H22N2O3/c17-13-5-1-11(2-6-13)15(19)18-14-7-3-12(4-8-14)16-20-9-10-21-16/h3-4,7-8,11,13,16H,1-2,5-6,9-10,17H2,(H,18,19). The quantitative estimate of drug-likeness (QED) is 0.895. The van der Waals surface area contributed by atoms with Gasteiger partial charge in [-0.15, -0.1) is 0 Å². The van der Waals surface area contributed by atoms with Gasteiger partial charge in [0.2, 0.25) is 5.91 Å². The van der Waals surface area contributed by atoms with Gasteiger partial charge in [-0.3, -0.25) is 4.79 Å². The van der Waals surface area contributed by atoms with Crippen molar-refractivity contribution >= 4 is 11.6 Å². The Bertz CT molecular complexity index is 475. The molecule has 0 atom stereocenters. The maximum Gasteiger partial charge on any atom is 0.227 e. The highest BCUT2D eigenvalue weighted by atomic mass is 16.7. The zero-order valence-corrected chi connectivity index (χ0v) is 12.1. The molecular formula is C16H22N2O3. The summed E-state index contributed by atoms with van der Waals surface area (Å²) in [5.74, 6) is 0.189. The van der Waals surface area contributed by atoms with Crippen LogP contribution < -0.4 is 11.1 Å². The van der Waals surface area contributed by atoms with Crippen LogP contribution in [0.1, 0.15) is 37.5 Å². The monoisotopic (exact) mass is 290 g/mol. The molecule has 0 radical (unpaired) electrons. The predicted octanol–water partition coefficient (Wildman–Crippen LogP) is 2.19. The normalized spacial score (nSPS) is 26.7. The lowest BCUT2D eigenvalue weighted by Gasteiger charge is -2.25. The number of anilines is 1. The Morgan fingerprint density at radius 2 is 1.67 bits per heavy atom. The molecule has 3 rings (SSSR count). The molecule has 0 unspecified atom stereocenters. The number of nitrogens with one attached hydrogen (secondary N) is 1. The van der Waals surface area contributed by atoms with Crippen molar-refractivity contribution in [1.82, 2.24) is 0 Å². The summed E-state index contributed by atoms with van der Waals surface area (Å²) in [6.45, 7) is 1.26. The summed E-state index contributed by atoms with van der Waals surface area (Å²) in [6, 6.07) is 7.92. The van der Waals surface area contributed by atoms with Crippen LogP contribution in [-0.2, 0) is 14.3 Å². The highest BCUT2D eigenvalue weighted by Crippen LogP contribution is 2.26. The summed E-state index contributed by atoms with van der Waals surface area (Å²) in [6.07, 6.45) is 3.37. The summed E-state index contributed by atoms with van der Waals surface area (Å²) in [5, 5.41) is 2.98. The summed E-state index contributed by atoms with van der Waals surface area (Å²) in [4.78, 5) is 12.2. The van der Waals surface area contributed by atoms with Gasteiger partial charge in [0, 0.05) is 23.2 Å². The van der Waals surface area contributed by atoms with Crippen molar-refractivity contribution in [2.45, 2.75) is 38.0 Å². The van der Waals surface area contributed by atoms with Gasteiger partial charge in [-0.2, -0.15) is 0 Å². The summed E-state index contributed by atoms with van der Waals surface area (Å²) in [5.41, 5.74) is 7.67. The molecule has 0 bridgehead atoms. The number of nitrogens with two attached hydrogens (primary N) is 1. The minimum Gasteiger partial charge on any atom is -0.346 e. The van der Waals surface area contributed by atoms with Gasteiger partial charge in [-0.25, -0.2) is 0 Å². The van der Waals surface area contributed by atoms with Crippen LogP contribution in [0.2, 0.25) is 0 Å². The lowest BCUT2D eigenvalue weighted by Crippen LogP contribution is -2.32. The minimum atomic E-state index is -0.269. The lowest BCUT2D eigenvalue weighted by molar-refractivity contribution is -0.120. The summed E-state index contributed by atoms with van der Waals surface area (Å²) >= 11 is 0. The van der Waals surface area contributed by atoms with E-state index in [-0.39, 0.29) is 24.2 Å². The third-order valence-corrected chi connectivity index (χ3v) is 4.21. The Morgan fingerprint density at radius 3 is 2.29 bits per heavy atom. The van der Waals surface area contributed by atoms with Gasteiger partial charge < -0.3 is 20.5 Å². The molecule has 5 heteroatoms. The molecule has 0 spiro atoms. The third kappa shape index (κ3) is 3.61. The van der Waals surface area contributed by atoms with Crippen LogP contribution in [0.4, 0.5) is 5.69 Å². The molecular weight excluding hydrogens is 268 g/mol. The van der Waals surface area contributed by atoms with Crippen molar-refractivity contribution in [3.05, 3.63) is 29.8 Å². The zero-order valence-electron chi connectivity index (χ0n) is 12.1. The smallest absolute Gasteiger partial charge is 0.227 e. The van der Waals surface area contributed by atoms with Crippen molar-refractivity contribution in [3.63, 3.8) is 0 Å². The van der Waals surface area contributed by atoms with Gasteiger partial charge in [0.25, 0.3) is 0 Å². The Balaban J connectivity index is 1.56. The van der Waals surface area contributed by atoms with Gasteiger partial charge in [0.1, 0.15) is 0 Å². The second kappa shape index (κ2) is 6.56. The SMILES string of the molecule is NC1CCC(C(=O)Nc2ccc(C3OCCO3)cc2)CC1. The fourth-order valence-electron chi connectivity index (χ4n) is 2.90. The van der Waals surface area contributed by atoms with E-state index in [9.17, 15) is 4.79 Å². The lowest BCUT2D eigenvalue weighted by atomic mass is 9.86. The zero-order chi connectivity index (χ0) is 14.7. The number of ether oxygens (including phenoxy) is 2. The molecule has 1 aromatic carbocycles. The van der Waals surface area contributed by atoms with Crippen LogP contribution in [0.15, 0.2) is 24.3 Å². The van der Waals surface area contributed by atoms with Gasteiger partial charge in [-0.1, -0.05) is 12.1 Å². The van der Waals surface area contributed by atoms with Crippen LogP contribution in [0.3, 0.4) is 0 Å². The molecule has 1 saturated carbocycles. The van der Waals surface area contributed by atoms with E-state index in [1.807, 2.05) is 24.3 Å². The Labute approximate surface area is 124 Å². The molecule has 5 nitrogen and oxygen atoms in total. The molecule has 114 valence electrons. The van der Waals surface area contributed by atoms with Crippen LogP contribution in [0.5, 0.6) is 0 Å². The molecule has 1 amide bonds. The first kappa shape index (κ1) is 14.5. The van der Waals surface area contributed by atoms with Crippen LogP contribution in [-0.4, -0.2) is 25.2 Å². The van der Waals surface area contributed by atoms with E-state index >= 15 is 0 Å². The first-order valence-electron chi connectivity index (χ1n) is 7.62. The highest BCUT2D eigenvalue weighted by Gasteiger charge is 2.24. The summed E-state index contributed by atoms with van der Waals surface area (Å²) < 4.78 is 10.9. The van der Waals surface area contributed by atoms with Crippen molar-refractivity contribution < 1.29 is 14.3 Å². The van der Waals surface area contributed by atoms with Gasteiger partial charge in [-0.05, 0) is 37.8 Å². The maximum absolute atomic E-state index is 12.2. The van der Waals surface area contributed by atoms with E-state index in [1.54, 1.807) is 0 Å². The number of carbonyl (C=O) groups is 1. The molecule has 21 heavy (non-hydrogen) atoms. The molecule has 1 saturated heterocycles. The van der Waals surface area contributed by atoms with E-state index in [2.05, 4.69) is 5.32 Å². The van der Waals surface area contributed by atoms with Crippen LogP contribution in [0.25, 0.3) is 0 Å². The average Bonchev–Trinajstić information content (AvgIpc) is 3.03. The molecule has 2 fully saturated rings. The second-order valence-corrected chi connectivity index (χ2v) is 5.80. The number of amides is 1. The number of rotatable bonds is 3. The van der Waals surface area contributed by atoms with E-state index in [0.717, 1.165) is 36.9 Å². The third-order valence-electron chi connectivity index (χ3n) is 4.21. The van der Waals surface area contributed by atoms with Crippen molar-refractivity contribution in [1.29, 1.82) is 0 Å². The fraction of sp³-hybridized carbons (Fsp3) is 0.562. The molecule has 1 aliphatic carbocycles. The van der Waals surface area contributed by atoms with Gasteiger partial charge in [0.05, 0.1) is 13.2 Å². The Hall–Kier alpha value is -1.43. The number of benzene rings is 1. The van der Waals surface area contributed by atoms with E-state index in [1.165, 1.54) is 0 Å². The Morgan fingerprint density at radius 1 is 1.05 bits per heavy atom. The number of carbonyl (C=O) groups excluding carboxylic acids is 1. The topological polar surface area (TPSA) is 73.6 Å². The van der Waals surface area contributed by atoms with Crippen molar-refractivity contribution in [2.24, 2.45) is 11.7 Å². The van der Waals surface area contributed by atoms with Crippen LogP contribution >= 0.6 is 0 Å². The predicted molar refractivity (Wildman–Crippen MR) is 79.7 cm³/mol. The maximum atomic E-state index is 12.2. The molecule has 0 aromatic heterocycles. The van der Waals surface area contributed by atoms with Crippen LogP contribution in [0, 0.1) is 5.92 Å². The summed E-state index contributed by atoms with van der Waals surface area (Å²) in [7, 11) is 0. The molecule has 3 N–H and O–H groups in total. The minimum absolute atomic E-state index is 0.0889. The second-order valence-electron chi connectivity index (χ2n) is 5.80. The fourth-order valence-corrected chi connectivity index (χ4v) is 2.90. The van der Waals surface area contributed by atoms with Crippen molar-refractivity contribution in [3.8, 4) is 0 Å². The van der Waals surface area contributed by atoms with Gasteiger partial charge in [0.15, 0.2) is 6.29 Å². The average molecular weight is 290 g/mol. The first-order chi connectivity index (χ1) is 10.2.